The number of aliphatic carboxylic acids is 1. The number of allylic oxidation sites excluding steroid dienone is 2. The van der Waals surface area contributed by atoms with E-state index in [0.717, 1.165) is 25.7 Å². The molecule has 1 unspecified atom stereocenters. The first kappa shape index (κ1) is 27.6. The van der Waals surface area contributed by atoms with E-state index in [-0.39, 0.29) is 41.8 Å². The van der Waals surface area contributed by atoms with E-state index in [9.17, 15) is 35.4 Å². The number of aliphatic hydroxyl groups is 5. The fraction of sp³-hybridized carbons (Fsp3) is 0.900. The van der Waals surface area contributed by atoms with E-state index in [1.807, 2.05) is 0 Å². The van der Waals surface area contributed by atoms with Gasteiger partial charge in [-0.1, -0.05) is 46.3 Å². The predicted molar refractivity (Wildman–Crippen MR) is 138 cm³/mol. The molecule has 4 saturated carbocycles. The van der Waals surface area contributed by atoms with Gasteiger partial charge >= 0.3 is 5.97 Å². The molecule has 4 fully saturated rings. The number of carboxylic acids is 1. The van der Waals surface area contributed by atoms with Gasteiger partial charge in [-0.3, -0.25) is 4.79 Å². The van der Waals surface area contributed by atoms with E-state index < -0.39 is 45.9 Å². The molecule has 0 spiro atoms. The van der Waals surface area contributed by atoms with E-state index in [0.29, 0.717) is 25.7 Å². The van der Waals surface area contributed by atoms with Crippen LogP contribution >= 0.6 is 0 Å². The molecule has 0 amide bonds. The molecule has 10 atom stereocenters. The standard InChI is InChI=1S/C30H48O7/c1-25(2)10-11-30(24(36)37)18(12-25)17-6-7-20-26(3)13-19(33)23(35)29(15-31,16-32)21(26)8-9-27(20,4)28(17,5)14-22(30)34/h6,18-23,31-35H,7-16H2,1-5H3,(H,36,37)/t18-,19+,20-,21?,22-,23+,26-,27-,28-,30-/m1/s1. The number of carbonyl (C=O) groups is 1. The van der Waals surface area contributed by atoms with Gasteiger partial charge in [0.2, 0.25) is 0 Å². The molecule has 0 radical (unpaired) electrons. The highest BCUT2D eigenvalue weighted by Crippen LogP contribution is 2.75. The minimum atomic E-state index is -1.19. The van der Waals surface area contributed by atoms with Crippen LogP contribution in [0.3, 0.4) is 0 Å². The first-order valence-corrected chi connectivity index (χ1v) is 14.3. The molecule has 5 aliphatic rings. The molecule has 0 bridgehead atoms. The lowest BCUT2D eigenvalue weighted by atomic mass is 9.33. The highest BCUT2D eigenvalue weighted by Gasteiger charge is 2.72. The number of hydrogen-bond acceptors (Lipinski definition) is 6. The van der Waals surface area contributed by atoms with Crippen LogP contribution in [0, 0.1) is 50.2 Å². The van der Waals surface area contributed by atoms with Gasteiger partial charge in [0.15, 0.2) is 0 Å². The monoisotopic (exact) mass is 520 g/mol. The highest BCUT2D eigenvalue weighted by molar-refractivity contribution is 5.77. The van der Waals surface area contributed by atoms with Crippen molar-refractivity contribution >= 4 is 5.97 Å². The third kappa shape index (κ3) is 3.21. The Morgan fingerprint density at radius 1 is 0.919 bits per heavy atom. The lowest BCUT2D eigenvalue weighted by Gasteiger charge is -2.72. The molecule has 5 rings (SSSR count). The minimum Gasteiger partial charge on any atom is -0.481 e. The van der Waals surface area contributed by atoms with Gasteiger partial charge in [0.05, 0.1) is 31.5 Å². The molecule has 0 aromatic carbocycles. The summed E-state index contributed by atoms with van der Waals surface area (Å²) in [4.78, 5) is 12.8. The van der Waals surface area contributed by atoms with Crippen LogP contribution in [0.4, 0.5) is 0 Å². The maximum Gasteiger partial charge on any atom is 0.312 e. The summed E-state index contributed by atoms with van der Waals surface area (Å²) in [7, 11) is 0. The summed E-state index contributed by atoms with van der Waals surface area (Å²) in [6.07, 6.45) is 4.08. The SMILES string of the molecule is CC1(C)CC[C@]2(C(=O)O)[C@H](O)C[C@]3(C)C(=CC[C@@H]4[C@@]5(C)C[C@H](O)[C@H](O)C(CO)(CO)C5CC[C@]43C)[C@H]2C1. The Morgan fingerprint density at radius 2 is 1.57 bits per heavy atom. The van der Waals surface area contributed by atoms with Crippen LogP contribution < -0.4 is 0 Å². The number of hydrogen-bond donors (Lipinski definition) is 6. The number of carboxylic acid groups (broad SMARTS) is 1. The molecule has 6 N–H and O–H groups in total. The number of fused-ring (bicyclic) bond motifs is 7. The third-order valence-electron chi connectivity index (χ3n) is 13.2. The minimum absolute atomic E-state index is 0.00467. The molecule has 5 aliphatic carbocycles. The van der Waals surface area contributed by atoms with Crippen molar-refractivity contribution in [2.24, 2.45) is 50.2 Å². The Kier molecular flexibility index (Phi) is 6.16. The van der Waals surface area contributed by atoms with E-state index in [1.54, 1.807) is 0 Å². The zero-order valence-corrected chi connectivity index (χ0v) is 23.2. The smallest absolute Gasteiger partial charge is 0.312 e. The summed E-state index contributed by atoms with van der Waals surface area (Å²) in [5.74, 6) is -1.18. The first-order valence-electron chi connectivity index (χ1n) is 14.3. The third-order valence-corrected chi connectivity index (χ3v) is 13.2. The van der Waals surface area contributed by atoms with Crippen molar-refractivity contribution < 1.29 is 35.4 Å². The average Bonchev–Trinajstić information content (AvgIpc) is 2.80. The normalized spacial score (nSPS) is 52.1. The fourth-order valence-electron chi connectivity index (χ4n) is 10.9. The molecule has 0 aliphatic heterocycles. The summed E-state index contributed by atoms with van der Waals surface area (Å²) < 4.78 is 0. The second-order valence-corrected chi connectivity index (χ2v) is 15.0. The number of aliphatic hydroxyl groups excluding tert-OH is 5. The lowest BCUT2D eigenvalue weighted by Crippen LogP contribution is -2.70. The van der Waals surface area contributed by atoms with Gasteiger partial charge in [-0.15, -0.1) is 0 Å². The van der Waals surface area contributed by atoms with E-state index in [1.165, 1.54) is 5.57 Å². The zero-order chi connectivity index (χ0) is 27.4. The van der Waals surface area contributed by atoms with Crippen LogP contribution in [-0.4, -0.2) is 68.1 Å². The van der Waals surface area contributed by atoms with Crippen molar-refractivity contribution in [2.75, 3.05) is 13.2 Å². The summed E-state index contributed by atoms with van der Waals surface area (Å²) in [5.41, 5.74) is -2.26. The molecule has 210 valence electrons. The Labute approximate surface area is 221 Å². The highest BCUT2D eigenvalue weighted by atomic mass is 16.4. The van der Waals surface area contributed by atoms with Crippen LogP contribution in [0.5, 0.6) is 0 Å². The van der Waals surface area contributed by atoms with Crippen molar-refractivity contribution in [3.8, 4) is 0 Å². The van der Waals surface area contributed by atoms with Crippen molar-refractivity contribution in [3.05, 3.63) is 11.6 Å². The van der Waals surface area contributed by atoms with Crippen LogP contribution in [0.2, 0.25) is 0 Å². The Balaban J connectivity index is 1.64. The summed E-state index contributed by atoms with van der Waals surface area (Å²) in [6.45, 7) is 10.3. The Bertz CT molecular complexity index is 986. The fourth-order valence-corrected chi connectivity index (χ4v) is 10.9. The predicted octanol–water partition coefficient (Wildman–Crippen LogP) is 3.12. The van der Waals surface area contributed by atoms with Crippen LogP contribution in [0.1, 0.15) is 86.0 Å². The maximum absolute atomic E-state index is 12.8. The molecule has 7 nitrogen and oxygen atoms in total. The maximum atomic E-state index is 12.8. The Morgan fingerprint density at radius 3 is 2.16 bits per heavy atom. The quantitative estimate of drug-likeness (QED) is 0.314. The van der Waals surface area contributed by atoms with Gasteiger partial charge in [0, 0.05) is 5.41 Å². The molecule has 0 saturated heterocycles. The summed E-state index contributed by atoms with van der Waals surface area (Å²) in [5, 5.41) is 65.1. The summed E-state index contributed by atoms with van der Waals surface area (Å²) >= 11 is 0. The molecule has 7 heteroatoms. The van der Waals surface area contributed by atoms with Gasteiger partial charge in [-0.25, -0.2) is 0 Å². The van der Waals surface area contributed by atoms with Crippen LogP contribution in [0.15, 0.2) is 11.6 Å². The van der Waals surface area contributed by atoms with Gasteiger partial charge < -0.3 is 30.6 Å². The van der Waals surface area contributed by atoms with Crippen molar-refractivity contribution in [3.63, 3.8) is 0 Å². The van der Waals surface area contributed by atoms with Crippen molar-refractivity contribution in [1.82, 2.24) is 0 Å². The lowest BCUT2D eigenvalue weighted by molar-refractivity contribution is -0.260. The zero-order valence-electron chi connectivity index (χ0n) is 23.2. The van der Waals surface area contributed by atoms with Gasteiger partial charge in [0.25, 0.3) is 0 Å². The van der Waals surface area contributed by atoms with Gasteiger partial charge in [-0.2, -0.15) is 0 Å². The second kappa shape index (κ2) is 8.26. The van der Waals surface area contributed by atoms with E-state index >= 15 is 0 Å². The number of rotatable bonds is 3. The second-order valence-electron chi connectivity index (χ2n) is 15.0. The molecular weight excluding hydrogens is 472 g/mol. The van der Waals surface area contributed by atoms with Gasteiger partial charge in [0.1, 0.15) is 5.41 Å². The van der Waals surface area contributed by atoms with Crippen LogP contribution in [-0.2, 0) is 4.79 Å². The molecule has 0 aromatic rings. The largest absolute Gasteiger partial charge is 0.481 e. The topological polar surface area (TPSA) is 138 Å². The molecular formula is C30H48O7. The van der Waals surface area contributed by atoms with Gasteiger partial charge in [-0.05, 0) is 90.8 Å². The first-order chi connectivity index (χ1) is 17.1. The average molecular weight is 521 g/mol. The molecule has 0 heterocycles. The summed E-state index contributed by atoms with van der Waals surface area (Å²) in [6, 6.07) is 0. The van der Waals surface area contributed by atoms with E-state index in [2.05, 4.69) is 40.7 Å². The van der Waals surface area contributed by atoms with Crippen molar-refractivity contribution in [1.29, 1.82) is 0 Å². The van der Waals surface area contributed by atoms with E-state index in [4.69, 9.17) is 0 Å². The molecule has 37 heavy (non-hydrogen) atoms. The molecule has 0 aromatic heterocycles. The Hall–Kier alpha value is -0.990. The van der Waals surface area contributed by atoms with Crippen LogP contribution in [0.25, 0.3) is 0 Å². The van der Waals surface area contributed by atoms with Crippen molar-refractivity contribution in [2.45, 2.75) is 104 Å².